The van der Waals surface area contributed by atoms with Crippen LogP contribution in [0.5, 0.6) is 11.5 Å². The topological polar surface area (TPSA) is 29.5 Å². The predicted octanol–water partition coefficient (Wildman–Crippen LogP) is 3.79. The lowest BCUT2D eigenvalue weighted by Gasteiger charge is -2.10. The van der Waals surface area contributed by atoms with Gasteiger partial charge in [-0.2, -0.15) is 0 Å². The molecule has 92 valence electrons. The van der Waals surface area contributed by atoms with Gasteiger partial charge < -0.3 is 9.84 Å². The summed E-state index contributed by atoms with van der Waals surface area (Å²) in [4.78, 5) is 0. The molecule has 2 aromatic rings. The first-order valence-electron chi connectivity index (χ1n) is 5.60. The molecule has 0 fully saturated rings. The number of phenols is 1. The molecular weight excluding hydrogens is 255 g/mol. The Morgan fingerprint density at radius 1 is 1.22 bits per heavy atom. The fourth-order valence-corrected chi connectivity index (χ4v) is 2.34. The molecule has 18 heavy (non-hydrogen) atoms. The molecule has 3 rings (SSSR count). The predicted molar refractivity (Wildman–Crippen MR) is 67.7 cm³/mol. The van der Waals surface area contributed by atoms with Crippen LogP contribution in [0.4, 0.5) is 4.39 Å². The quantitative estimate of drug-likeness (QED) is 0.849. The summed E-state index contributed by atoms with van der Waals surface area (Å²) in [6.45, 7) is 0.627. The number of hydrogen-bond donors (Lipinski definition) is 1. The zero-order chi connectivity index (χ0) is 12.7. The van der Waals surface area contributed by atoms with Crippen LogP contribution in [-0.2, 0) is 6.42 Å². The first kappa shape index (κ1) is 11.4. The number of phenolic OH excluding ortho intramolecular Hbond substituents is 1. The Kier molecular flexibility index (Phi) is 2.63. The van der Waals surface area contributed by atoms with Gasteiger partial charge >= 0.3 is 0 Å². The SMILES string of the molecule is Oc1cc(F)c(Cl)cc1-c1cccc2c1OCC2. The Hall–Kier alpha value is -1.74. The normalized spacial score (nSPS) is 13.2. The van der Waals surface area contributed by atoms with E-state index in [0.717, 1.165) is 29.4 Å². The van der Waals surface area contributed by atoms with Crippen LogP contribution in [0.1, 0.15) is 5.56 Å². The smallest absolute Gasteiger partial charge is 0.145 e. The second-order valence-electron chi connectivity index (χ2n) is 4.18. The second-order valence-corrected chi connectivity index (χ2v) is 4.58. The summed E-state index contributed by atoms with van der Waals surface area (Å²) in [6.07, 6.45) is 0.846. The molecule has 0 spiro atoms. The molecule has 0 bridgehead atoms. The zero-order valence-electron chi connectivity index (χ0n) is 9.41. The Morgan fingerprint density at radius 2 is 2.06 bits per heavy atom. The zero-order valence-corrected chi connectivity index (χ0v) is 10.2. The maximum atomic E-state index is 13.2. The van der Waals surface area contributed by atoms with Gasteiger partial charge in [0.05, 0.1) is 11.6 Å². The lowest BCUT2D eigenvalue weighted by molar-refractivity contribution is 0.357. The van der Waals surface area contributed by atoms with Gasteiger partial charge in [0.1, 0.15) is 17.3 Å². The van der Waals surface area contributed by atoms with Gasteiger partial charge in [0, 0.05) is 23.6 Å². The molecule has 0 amide bonds. The third-order valence-corrected chi connectivity index (χ3v) is 3.33. The molecule has 0 saturated heterocycles. The van der Waals surface area contributed by atoms with Crippen LogP contribution in [0.15, 0.2) is 30.3 Å². The summed E-state index contributed by atoms with van der Waals surface area (Å²) < 4.78 is 18.8. The van der Waals surface area contributed by atoms with Crippen LogP contribution in [0.3, 0.4) is 0 Å². The van der Waals surface area contributed by atoms with Crippen LogP contribution in [0.2, 0.25) is 5.02 Å². The van der Waals surface area contributed by atoms with Crippen molar-refractivity contribution in [2.24, 2.45) is 0 Å². The van der Waals surface area contributed by atoms with E-state index in [4.69, 9.17) is 16.3 Å². The van der Waals surface area contributed by atoms with Crippen molar-refractivity contribution >= 4 is 11.6 Å². The van der Waals surface area contributed by atoms with Gasteiger partial charge in [-0.05, 0) is 11.6 Å². The fourth-order valence-electron chi connectivity index (χ4n) is 2.18. The summed E-state index contributed by atoms with van der Waals surface area (Å²) in [6, 6.07) is 8.14. The summed E-state index contributed by atoms with van der Waals surface area (Å²) in [5, 5.41) is 9.83. The van der Waals surface area contributed by atoms with Crippen molar-refractivity contribution in [3.8, 4) is 22.6 Å². The van der Waals surface area contributed by atoms with E-state index < -0.39 is 5.82 Å². The molecular formula is C14H10ClFO2. The van der Waals surface area contributed by atoms with Gasteiger partial charge in [0.25, 0.3) is 0 Å². The molecule has 0 aromatic heterocycles. The third kappa shape index (κ3) is 1.71. The number of aromatic hydroxyl groups is 1. The number of ether oxygens (including phenoxy) is 1. The molecule has 0 aliphatic carbocycles. The first-order chi connectivity index (χ1) is 8.66. The van der Waals surface area contributed by atoms with Crippen molar-refractivity contribution in [1.82, 2.24) is 0 Å². The molecule has 1 aliphatic rings. The molecule has 4 heteroatoms. The largest absolute Gasteiger partial charge is 0.507 e. The Balaban J connectivity index is 2.22. The minimum Gasteiger partial charge on any atom is -0.507 e. The monoisotopic (exact) mass is 264 g/mol. The lowest BCUT2D eigenvalue weighted by atomic mass is 10.0. The van der Waals surface area contributed by atoms with Crippen molar-refractivity contribution < 1.29 is 14.2 Å². The average Bonchev–Trinajstić information content (AvgIpc) is 2.82. The molecule has 0 atom stereocenters. The van der Waals surface area contributed by atoms with Gasteiger partial charge in [-0.25, -0.2) is 4.39 Å². The number of para-hydroxylation sites is 1. The van der Waals surface area contributed by atoms with E-state index in [1.807, 2.05) is 18.2 Å². The number of halogens is 2. The van der Waals surface area contributed by atoms with E-state index in [2.05, 4.69) is 0 Å². The van der Waals surface area contributed by atoms with Crippen LogP contribution in [0.25, 0.3) is 11.1 Å². The number of hydrogen-bond acceptors (Lipinski definition) is 2. The van der Waals surface area contributed by atoms with Crippen molar-refractivity contribution in [1.29, 1.82) is 0 Å². The van der Waals surface area contributed by atoms with Crippen molar-refractivity contribution in [3.63, 3.8) is 0 Å². The maximum absolute atomic E-state index is 13.2. The first-order valence-corrected chi connectivity index (χ1v) is 5.97. The third-order valence-electron chi connectivity index (χ3n) is 3.04. The van der Waals surface area contributed by atoms with E-state index in [9.17, 15) is 9.50 Å². The molecule has 1 heterocycles. The van der Waals surface area contributed by atoms with Gasteiger partial charge in [-0.15, -0.1) is 0 Å². The number of benzene rings is 2. The molecule has 2 aromatic carbocycles. The van der Waals surface area contributed by atoms with Crippen LogP contribution in [0, 0.1) is 5.82 Å². The Bertz CT molecular complexity index is 625. The van der Waals surface area contributed by atoms with Gasteiger partial charge in [0.2, 0.25) is 0 Å². The summed E-state index contributed by atoms with van der Waals surface area (Å²) in [5.41, 5.74) is 2.32. The Morgan fingerprint density at radius 3 is 2.89 bits per heavy atom. The number of rotatable bonds is 1. The summed E-state index contributed by atoms with van der Waals surface area (Å²) in [7, 11) is 0. The molecule has 0 saturated carbocycles. The molecule has 1 aliphatic heterocycles. The van der Waals surface area contributed by atoms with Crippen LogP contribution in [-0.4, -0.2) is 11.7 Å². The Labute approximate surface area is 109 Å². The minimum atomic E-state index is -0.633. The minimum absolute atomic E-state index is 0.0154. The average molecular weight is 265 g/mol. The van der Waals surface area contributed by atoms with E-state index in [-0.39, 0.29) is 10.8 Å². The van der Waals surface area contributed by atoms with Gasteiger partial charge in [-0.1, -0.05) is 29.8 Å². The van der Waals surface area contributed by atoms with Crippen LogP contribution < -0.4 is 4.74 Å². The standard InChI is InChI=1S/C14H10ClFO2/c15-11-6-10(13(17)7-12(11)16)9-3-1-2-8-4-5-18-14(8)9/h1-3,6-7,17H,4-5H2. The van der Waals surface area contributed by atoms with Crippen molar-refractivity contribution in [2.45, 2.75) is 6.42 Å². The molecule has 1 N–H and O–H groups in total. The van der Waals surface area contributed by atoms with Gasteiger partial charge in [-0.3, -0.25) is 0 Å². The molecule has 0 unspecified atom stereocenters. The highest BCUT2D eigenvalue weighted by molar-refractivity contribution is 6.31. The highest BCUT2D eigenvalue weighted by Gasteiger charge is 2.19. The maximum Gasteiger partial charge on any atom is 0.145 e. The fraction of sp³-hybridized carbons (Fsp3) is 0.143. The van der Waals surface area contributed by atoms with E-state index in [0.29, 0.717) is 12.2 Å². The van der Waals surface area contributed by atoms with E-state index in [1.165, 1.54) is 6.07 Å². The lowest BCUT2D eigenvalue weighted by Crippen LogP contribution is -1.90. The van der Waals surface area contributed by atoms with E-state index >= 15 is 0 Å². The molecule has 0 radical (unpaired) electrons. The highest BCUT2D eigenvalue weighted by atomic mass is 35.5. The highest BCUT2D eigenvalue weighted by Crippen LogP contribution is 2.41. The number of fused-ring (bicyclic) bond motifs is 1. The second kappa shape index (κ2) is 4.18. The summed E-state index contributed by atoms with van der Waals surface area (Å²) in [5.74, 6) is -0.0253. The van der Waals surface area contributed by atoms with Crippen molar-refractivity contribution in [2.75, 3.05) is 6.61 Å². The van der Waals surface area contributed by atoms with Gasteiger partial charge in [0.15, 0.2) is 0 Å². The summed E-state index contributed by atoms with van der Waals surface area (Å²) >= 11 is 5.76. The van der Waals surface area contributed by atoms with E-state index in [1.54, 1.807) is 0 Å². The molecule has 2 nitrogen and oxygen atoms in total. The van der Waals surface area contributed by atoms with Crippen molar-refractivity contribution in [3.05, 3.63) is 46.7 Å². The van der Waals surface area contributed by atoms with Crippen LogP contribution >= 0.6 is 11.6 Å².